The third-order valence-corrected chi connectivity index (χ3v) is 6.99. The van der Waals surface area contributed by atoms with Crippen molar-refractivity contribution in [2.75, 3.05) is 36.0 Å². The Balaban J connectivity index is 1.37. The van der Waals surface area contributed by atoms with Gasteiger partial charge in [-0.2, -0.15) is 0 Å². The Bertz CT molecular complexity index is 987. The lowest BCUT2D eigenvalue weighted by Gasteiger charge is -2.38. The van der Waals surface area contributed by atoms with Crippen molar-refractivity contribution in [2.24, 2.45) is 11.8 Å². The van der Waals surface area contributed by atoms with Crippen molar-refractivity contribution >= 4 is 17.3 Å². The Morgan fingerprint density at radius 2 is 2.00 bits per heavy atom. The highest BCUT2D eigenvalue weighted by Gasteiger charge is 2.33. The van der Waals surface area contributed by atoms with Gasteiger partial charge < -0.3 is 24.4 Å². The van der Waals surface area contributed by atoms with E-state index in [4.69, 9.17) is 9.47 Å². The molecule has 2 aromatic rings. The molecule has 34 heavy (non-hydrogen) atoms. The molecule has 2 unspecified atom stereocenters. The average Bonchev–Trinajstić information content (AvgIpc) is 3.16. The lowest BCUT2D eigenvalue weighted by atomic mass is 9.96. The van der Waals surface area contributed by atoms with Gasteiger partial charge in [-0.05, 0) is 37.5 Å². The number of pyridine rings is 1. The highest BCUT2D eigenvalue weighted by Crippen LogP contribution is 2.33. The van der Waals surface area contributed by atoms with E-state index in [1.54, 1.807) is 18.3 Å². The fourth-order valence-electron chi connectivity index (χ4n) is 5.10. The van der Waals surface area contributed by atoms with Crippen LogP contribution in [0.4, 0.5) is 15.8 Å². The van der Waals surface area contributed by atoms with Crippen LogP contribution >= 0.6 is 0 Å². The lowest BCUT2D eigenvalue weighted by Crippen LogP contribution is -2.44. The molecule has 0 spiro atoms. The number of carboxylic acids is 1. The molecule has 0 aliphatic carbocycles. The van der Waals surface area contributed by atoms with Gasteiger partial charge in [0.05, 0.1) is 30.6 Å². The maximum Gasteiger partial charge on any atom is 0.305 e. The Kier molecular flexibility index (Phi) is 7.44. The number of hydrogen-bond acceptors (Lipinski definition) is 6. The van der Waals surface area contributed by atoms with Gasteiger partial charge in [-0.1, -0.05) is 13.8 Å². The number of aromatic nitrogens is 1. The second-order valence-corrected chi connectivity index (χ2v) is 9.39. The predicted molar refractivity (Wildman–Crippen MR) is 129 cm³/mol. The van der Waals surface area contributed by atoms with E-state index in [0.29, 0.717) is 42.9 Å². The summed E-state index contributed by atoms with van der Waals surface area (Å²) in [7, 11) is 0. The molecular formula is C26H34FN3O4. The van der Waals surface area contributed by atoms with Gasteiger partial charge in [0.25, 0.3) is 0 Å². The zero-order valence-electron chi connectivity index (χ0n) is 20.1. The minimum Gasteiger partial charge on any atom is -0.494 e. The molecule has 2 saturated heterocycles. The number of ether oxygens (including phenoxy) is 2. The molecule has 4 atom stereocenters. The normalized spacial score (nSPS) is 24.8. The third-order valence-electron chi connectivity index (χ3n) is 6.99. The maximum atomic E-state index is 14.5. The summed E-state index contributed by atoms with van der Waals surface area (Å²) in [6.07, 6.45) is 3.62. The van der Waals surface area contributed by atoms with Crippen LogP contribution in [0.3, 0.4) is 0 Å². The Hall–Kier alpha value is -3.03. The van der Waals surface area contributed by atoms with E-state index >= 15 is 0 Å². The van der Waals surface area contributed by atoms with Crippen molar-refractivity contribution in [3.05, 3.63) is 42.3 Å². The highest BCUT2D eigenvalue weighted by atomic mass is 19.1. The van der Waals surface area contributed by atoms with Gasteiger partial charge in [-0.15, -0.1) is 0 Å². The zero-order chi connectivity index (χ0) is 24.2. The standard InChI is InChI=1S/C26H34FN3O4/c1-4-33-20-6-7-21(27)23(13-20)29-11-10-24(18(3)16-29)34-25-8-5-19(15-28-25)30-12-9-17(2)22(30)14-26(31)32/h5-8,13,15,17-18,22,24H,4,9-12,14,16H2,1-3H3,(H,31,32)/t17-,18?,22+,24?/m1/s1. The number of carbonyl (C=O) groups is 1. The second-order valence-electron chi connectivity index (χ2n) is 9.39. The molecular weight excluding hydrogens is 437 g/mol. The number of nitrogens with zero attached hydrogens (tertiary/aromatic N) is 3. The summed E-state index contributed by atoms with van der Waals surface area (Å²) >= 11 is 0. The van der Waals surface area contributed by atoms with Crippen LogP contribution in [0.15, 0.2) is 36.5 Å². The average molecular weight is 472 g/mol. The molecule has 184 valence electrons. The first-order chi connectivity index (χ1) is 16.4. The quantitative estimate of drug-likeness (QED) is 0.603. The number of anilines is 2. The number of aliphatic carboxylic acids is 1. The van der Waals surface area contributed by atoms with Crippen molar-refractivity contribution in [3.63, 3.8) is 0 Å². The predicted octanol–water partition coefficient (Wildman–Crippen LogP) is 4.60. The molecule has 3 heterocycles. The molecule has 2 aliphatic rings. The highest BCUT2D eigenvalue weighted by molar-refractivity contribution is 5.69. The van der Waals surface area contributed by atoms with Crippen molar-refractivity contribution in [1.29, 1.82) is 0 Å². The number of halogens is 1. The van der Waals surface area contributed by atoms with Crippen LogP contribution in [0.1, 0.15) is 40.0 Å². The summed E-state index contributed by atoms with van der Waals surface area (Å²) < 4.78 is 26.2. The van der Waals surface area contributed by atoms with E-state index in [9.17, 15) is 14.3 Å². The summed E-state index contributed by atoms with van der Waals surface area (Å²) in [5, 5.41) is 9.26. The van der Waals surface area contributed by atoms with Crippen LogP contribution in [0, 0.1) is 17.7 Å². The second kappa shape index (κ2) is 10.5. The smallest absolute Gasteiger partial charge is 0.305 e. The zero-order valence-corrected chi connectivity index (χ0v) is 20.1. The Labute approximate surface area is 200 Å². The van der Waals surface area contributed by atoms with E-state index in [2.05, 4.69) is 28.6 Å². The van der Waals surface area contributed by atoms with Crippen molar-refractivity contribution < 1.29 is 23.8 Å². The van der Waals surface area contributed by atoms with Gasteiger partial charge in [-0.25, -0.2) is 9.37 Å². The molecule has 0 bridgehead atoms. The van der Waals surface area contributed by atoms with Gasteiger partial charge in [0.2, 0.25) is 5.88 Å². The molecule has 0 saturated carbocycles. The van der Waals surface area contributed by atoms with E-state index in [0.717, 1.165) is 25.1 Å². The number of hydrogen-bond donors (Lipinski definition) is 1. The van der Waals surface area contributed by atoms with Gasteiger partial charge in [-0.3, -0.25) is 4.79 Å². The third kappa shape index (κ3) is 5.37. The van der Waals surface area contributed by atoms with Crippen LogP contribution < -0.4 is 19.3 Å². The molecule has 8 heteroatoms. The molecule has 2 fully saturated rings. The van der Waals surface area contributed by atoms with Crippen LogP contribution in [0.2, 0.25) is 0 Å². The van der Waals surface area contributed by atoms with E-state index in [1.807, 2.05) is 19.1 Å². The molecule has 0 amide bonds. The van der Waals surface area contributed by atoms with Gasteiger partial charge in [0.15, 0.2) is 0 Å². The molecule has 1 N–H and O–H groups in total. The van der Waals surface area contributed by atoms with Crippen molar-refractivity contribution in [2.45, 2.75) is 52.2 Å². The van der Waals surface area contributed by atoms with E-state index in [1.165, 1.54) is 6.07 Å². The molecule has 2 aliphatic heterocycles. The first kappa shape index (κ1) is 24.1. The largest absolute Gasteiger partial charge is 0.494 e. The summed E-state index contributed by atoms with van der Waals surface area (Å²) in [6, 6.07) is 8.69. The Morgan fingerprint density at radius 1 is 1.18 bits per heavy atom. The molecule has 1 aromatic heterocycles. The van der Waals surface area contributed by atoms with Crippen LogP contribution in [-0.2, 0) is 4.79 Å². The van der Waals surface area contributed by atoms with Gasteiger partial charge >= 0.3 is 5.97 Å². The summed E-state index contributed by atoms with van der Waals surface area (Å²) in [6.45, 7) is 8.86. The maximum absolute atomic E-state index is 14.5. The molecule has 0 radical (unpaired) electrons. The summed E-state index contributed by atoms with van der Waals surface area (Å²) in [4.78, 5) is 20.0. The van der Waals surface area contributed by atoms with Crippen molar-refractivity contribution in [3.8, 4) is 11.6 Å². The minimum atomic E-state index is -0.776. The van der Waals surface area contributed by atoms with Crippen LogP contribution in [0.5, 0.6) is 11.6 Å². The number of rotatable bonds is 8. The number of piperidine rings is 1. The van der Waals surface area contributed by atoms with E-state index in [-0.39, 0.29) is 30.3 Å². The molecule has 4 rings (SSSR count). The summed E-state index contributed by atoms with van der Waals surface area (Å²) in [5.41, 5.74) is 1.49. The van der Waals surface area contributed by atoms with E-state index < -0.39 is 5.97 Å². The first-order valence-electron chi connectivity index (χ1n) is 12.1. The fraction of sp³-hybridized carbons (Fsp3) is 0.538. The van der Waals surface area contributed by atoms with Crippen LogP contribution in [-0.4, -0.2) is 54.4 Å². The summed E-state index contributed by atoms with van der Waals surface area (Å²) in [5.74, 6) is 0.723. The Morgan fingerprint density at radius 3 is 2.68 bits per heavy atom. The van der Waals surface area contributed by atoms with Gasteiger partial charge in [0.1, 0.15) is 17.7 Å². The van der Waals surface area contributed by atoms with Crippen molar-refractivity contribution in [1.82, 2.24) is 4.98 Å². The lowest BCUT2D eigenvalue weighted by molar-refractivity contribution is -0.137. The first-order valence-corrected chi connectivity index (χ1v) is 12.1. The SMILES string of the molecule is CCOc1ccc(F)c(N2CCC(Oc3ccc(N4CC[C@@H](C)[C@@H]4CC(=O)O)cn3)C(C)C2)c1. The number of benzene rings is 1. The topological polar surface area (TPSA) is 75.1 Å². The fourth-order valence-corrected chi connectivity index (χ4v) is 5.10. The monoisotopic (exact) mass is 471 g/mol. The minimum absolute atomic E-state index is 0.0145. The molecule has 7 nitrogen and oxygen atoms in total. The number of carboxylic acid groups (broad SMARTS) is 1. The van der Waals surface area contributed by atoms with Gasteiger partial charge in [0, 0.05) is 50.1 Å². The van der Waals surface area contributed by atoms with Crippen LogP contribution in [0.25, 0.3) is 0 Å². The molecule has 1 aromatic carbocycles.